The van der Waals surface area contributed by atoms with Gasteiger partial charge in [-0.2, -0.15) is 0 Å². The number of amides is 2. The van der Waals surface area contributed by atoms with Crippen LogP contribution in [0.3, 0.4) is 0 Å². The highest BCUT2D eigenvalue weighted by atomic mass is 32.2. The Morgan fingerprint density at radius 1 is 1.03 bits per heavy atom. The second-order valence-corrected chi connectivity index (χ2v) is 9.59. The van der Waals surface area contributed by atoms with Crippen LogP contribution in [-0.4, -0.2) is 41.7 Å². The summed E-state index contributed by atoms with van der Waals surface area (Å²) in [5.74, 6) is 1.70. The molecule has 2 aromatic carbocycles. The number of ether oxygens (including phenoxy) is 1. The van der Waals surface area contributed by atoms with Gasteiger partial charge in [0, 0.05) is 18.3 Å². The van der Waals surface area contributed by atoms with E-state index >= 15 is 0 Å². The average Bonchev–Trinajstić information content (AvgIpc) is 2.78. The summed E-state index contributed by atoms with van der Waals surface area (Å²) in [6.45, 7) is 10.5. The molecule has 1 N–H and O–H groups in total. The van der Waals surface area contributed by atoms with E-state index in [9.17, 15) is 9.59 Å². The molecule has 0 fully saturated rings. The fraction of sp³-hybridized carbons (Fsp3) is 0.481. The maximum absolute atomic E-state index is 13.4. The Kier molecular flexibility index (Phi) is 10.8. The zero-order valence-corrected chi connectivity index (χ0v) is 21.6. The molecule has 6 heteroatoms. The summed E-state index contributed by atoms with van der Waals surface area (Å²) in [6.07, 6.45) is 1.40. The molecule has 0 radical (unpaired) electrons. The minimum absolute atomic E-state index is 0.0293. The Labute approximate surface area is 203 Å². The quantitative estimate of drug-likeness (QED) is 0.459. The number of nitrogens with zero attached hydrogens (tertiary/aromatic N) is 1. The first kappa shape index (κ1) is 26.8. The van der Waals surface area contributed by atoms with Crippen molar-refractivity contribution >= 4 is 23.6 Å². The standard InChI is InChI=1S/C27H38N2O3S/c1-7-21(5)28-27(31)25(8-2)29(16-22-10-9-11-24(15-22)32-6)26(30)18-33-17-23-13-19(3)12-20(4)14-23/h9-15,21,25H,7-8,16-18H2,1-6H3,(H,28,31)/t21-,25+/m1/s1. The fourth-order valence-corrected chi connectivity index (χ4v) is 4.66. The van der Waals surface area contributed by atoms with Gasteiger partial charge < -0.3 is 15.0 Å². The van der Waals surface area contributed by atoms with Gasteiger partial charge in [-0.15, -0.1) is 11.8 Å². The highest BCUT2D eigenvalue weighted by Gasteiger charge is 2.29. The second-order valence-electron chi connectivity index (χ2n) is 8.60. The third-order valence-corrected chi connectivity index (χ3v) is 6.64. The van der Waals surface area contributed by atoms with Crippen LogP contribution in [0.4, 0.5) is 0 Å². The molecule has 0 saturated carbocycles. The monoisotopic (exact) mass is 470 g/mol. The van der Waals surface area contributed by atoms with Crippen LogP contribution in [0.15, 0.2) is 42.5 Å². The lowest BCUT2D eigenvalue weighted by molar-refractivity contribution is -0.139. The number of hydrogen-bond acceptors (Lipinski definition) is 4. The zero-order chi connectivity index (χ0) is 24.4. The lowest BCUT2D eigenvalue weighted by atomic mass is 10.1. The molecule has 0 aliphatic heterocycles. The molecule has 2 rings (SSSR count). The van der Waals surface area contributed by atoms with E-state index in [-0.39, 0.29) is 17.9 Å². The molecule has 180 valence electrons. The SMILES string of the molecule is CC[C@@H](C)NC(=O)[C@H](CC)N(Cc1cccc(OC)c1)C(=O)CSCc1cc(C)cc(C)c1. The maximum atomic E-state index is 13.4. The van der Waals surface area contributed by atoms with Gasteiger partial charge in [-0.25, -0.2) is 0 Å². The third kappa shape index (κ3) is 8.43. The van der Waals surface area contributed by atoms with Crippen molar-refractivity contribution < 1.29 is 14.3 Å². The smallest absolute Gasteiger partial charge is 0.243 e. The summed E-state index contributed by atoms with van der Waals surface area (Å²) in [6, 6.07) is 13.7. The van der Waals surface area contributed by atoms with Crippen LogP contribution in [0.2, 0.25) is 0 Å². The van der Waals surface area contributed by atoms with Crippen molar-refractivity contribution in [3.05, 3.63) is 64.7 Å². The van der Waals surface area contributed by atoms with Gasteiger partial charge in [-0.3, -0.25) is 9.59 Å². The Balaban J connectivity index is 2.18. The molecule has 2 amide bonds. The van der Waals surface area contributed by atoms with Crippen molar-refractivity contribution in [2.24, 2.45) is 0 Å². The van der Waals surface area contributed by atoms with E-state index in [0.29, 0.717) is 18.7 Å². The summed E-state index contributed by atoms with van der Waals surface area (Å²) in [4.78, 5) is 28.1. The molecule has 0 aliphatic rings. The number of hydrogen-bond donors (Lipinski definition) is 1. The first-order valence-electron chi connectivity index (χ1n) is 11.6. The Hall–Kier alpha value is -2.47. The molecule has 0 aliphatic carbocycles. The second kappa shape index (κ2) is 13.3. The van der Waals surface area contributed by atoms with Crippen LogP contribution < -0.4 is 10.1 Å². The van der Waals surface area contributed by atoms with Crippen LogP contribution in [0, 0.1) is 13.8 Å². The number of carbonyl (C=O) groups is 2. The van der Waals surface area contributed by atoms with E-state index in [1.165, 1.54) is 16.7 Å². The van der Waals surface area contributed by atoms with Crippen LogP contribution >= 0.6 is 11.8 Å². The summed E-state index contributed by atoms with van der Waals surface area (Å²) < 4.78 is 5.34. The lowest BCUT2D eigenvalue weighted by Crippen LogP contribution is -2.51. The molecule has 0 aromatic heterocycles. The lowest BCUT2D eigenvalue weighted by Gasteiger charge is -2.31. The highest BCUT2D eigenvalue weighted by molar-refractivity contribution is 7.99. The minimum atomic E-state index is -0.514. The summed E-state index contributed by atoms with van der Waals surface area (Å²) in [7, 11) is 1.63. The van der Waals surface area contributed by atoms with Gasteiger partial charge in [0.25, 0.3) is 0 Å². The summed E-state index contributed by atoms with van der Waals surface area (Å²) >= 11 is 1.59. The molecule has 33 heavy (non-hydrogen) atoms. The first-order valence-corrected chi connectivity index (χ1v) is 12.8. The predicted octanol–water partition coefficient (Wildman–Crippen LogP) is 5.27. The largest absolute Gasteiger partial charge is 0.497 e. The fourth-order valence-electron chi connectivity index (χ4n) is 3.82. The van der Waals surface area contributed by atoms with Crippen molar-refractivity contribution in [2.75, 3.05) is 12.9 Å². The number of benzene rings is 2. The summed E-state index contributed by atoms with van der Waals surface area (Å²) in [5, 5.41) is 3.05. The van der Waals surface area contributed by atoms with E-state index in [2.05, 4.69) is 37.4 Å². The Bertz CT molecular complexity index is 911. The predicted molar refractivity (Wildman–Crippen MR) is 138 cm³/mol. The van der Waals surface area contributed by atoms with E-state index in [4.69, 9.17) is 4.74 Å². The van der Waals surface area contributed by atoms with E-state index in [0.717, 1.165) is 23.5 Å². The minimum Gasteiger partial charge on any atom is -0.497 e. The summed E-state index contributed by atoms with van der Waals surface area (Å²) in [5.41, 5.74) is 4.61. The van der Waals surface area contributed by atoms with E-state index in [1.807, 2.05) is 45.0 Å². The van der Waals surface area contributed by atoms with Gasteiger partial charge >= 0.3 is 0 Å². The van der Waals surface area contributed by atoms with Crippen molar-refractivity contribution in [3.63, 3.8) is 0 Å². The molecule has 2 aromatic rings. The van der Waals surface area contributed by atoms with Gasteiger partial charge in [-0.05, 0) is 56.9 Å². The molecule has 5 nitrogen and oxygen atoms in total. The number of methoxy groups -OCH3 is 1. The third-order valence-electron chi connectivity index (χ3n) is 5.65. The van der Waals surface area contributed by atoms with Gasteiger partial charge in [0.05, 0.1) is 12.9 Å². The van der Waals surface area contributed by atoms with Crippen molar-refractivity contribution in [1.29, 1.82) is 0 Å². The molecular weight excluding hydrogens is 432 g/mol. The molecule has 0 saturated heterocycles. The molecule has 2 atom stereocenters. The van der Waals surface area contributed by atoms with Gasteiger partial charge in [0.1, 0.15) is 11.8 Å². The topological polar surface area (TPSA) is 58.6 Å². The number of rotatable bonds is 12. The van der Waals surface area contributed by atoms with Crippen molar-refractivity contribution in [1.82, 2.24) is 10.2 Å². The van der Waals surface area contributed by atoms with Crippen LogP contribution in [0.5, 0.6) is 5.75 Å². The van der Waals surface area contributed by atoms with Gasteiger partial charge in [0.2, 0.25) is 11.8 Å². The molecule has 0 bridgehead atoms. The number of thioether (sulfide) groups is 1. The van der Waals surface area contributed by atoms with Crippen LogP contribution in [0.1, 0.15) is 55.9 Å². The molecular formula is C27H38N2O3S. The van der Waals surface area contributed by atoms with Gasteiger partial charge in [0.15, 0.2) is 0 Å². The Morgan fingerprint density at radius 2 is 1.73 bits per heavy atom. The first-order chi connectivity index (χ1) is 15.8. The van der Waals surface area contributed by atoms with Crippen LogP contribution in [-0.2, 0) is 21.9 Å². The highest BCUT2D eigenvalue weighted by Crippen LogP contribution is 2.20. The van der Waals surface area contributed by atoms with Crippen molar-refractivity contribution in [2.45, 2.75) is 71.8 Å². The zero-order valence-electron chi connectivity index (χ0n) is 20.8. The number of nitrogens with one attached hydrogen (secondary N) is 1. The maximum Gasteiger partial charge on any atom is 0.243 e. The molecule has 0 unspecified atom stereocenters. The average molecular weight is 471 g/mol. The number of aryl methyl sites for hydroxylation is 2. The van der Waals surface area contributed by atoms with Crippen LogP contribution in [0.25, 0.3) is 0 Å². The van der Waals surface area contributed by atoms with Gasteiger partial charge in [-0.1, -0.05) is 55.3 Å². The molecule has 0 heterocycles. The Morgan fingerprint density at radius 3 is 2.33 bits per heavy atom. The van der Waals surface area contributed by atoms with E-state index in [1.54, 1.807) is 23.8 Å². The van der Waals surface area contributed by atoms with E-state index < -0.39 is 6.04 Å². The van der Waals surface area contributed by atoms with Crippen molar-refractivity contribution in [3.8, 4) is 5.75 Å². The normalized spacial score (nSPS) is 12.7. The number of carbonyl (C=O) groups excluding carboxylic acids is 2. The molecule has 0 spiro atoms.